The van der Waals surface area contributed by atoms with Gasteiger partial charge in [0.05, 0.1) is 23.7 Å². The average Bonchev–Trinajstić information content (AvgIpc) is 3.63. The molecule has 1 fully saturated rings. The Bertz CT molecular complexity index is 1620. The van der Waals surface area contributed by atoms with Gasteiger partial charge >= 0.3 is 4.87 Å². The van der Waals surface area contributed by atoms with Crippen LogP contribution < -0.4 is 19.8 Å². The number of carbonyl (C=O) groups is 3. The highest BCUT2D eigenvalue weighted by molar-refractivity contribution is 8.00. The Labute approximate surface area is 236 Å². The number of methoxy groups -OCH3 is 1. The van der Waals surface area contributed by atoms with Gasteiger partial charge in [0.15, 0.2) is 0 Å². The molecule has 1 N–H and O–H groups in total. The Morgan fingerprint density at radius 1 is 1.00 bits per heavy atom. The molecule has 4 heterocycles. The van der Waals surface area contributed by atoms with E-state index >= 15 is 0 Å². The van der Waals surface area contributed by atoms with E-state index in [1.807, 2.05) is 36.6 Å². The van der Waals surface area contributed by atoms with Gasteiger partial charge in [0.1, 0.15) is 17.5 Å². The standard InChI is InChI=1S/C28H23N3O5S3/c1-15-5-9-17(10-6-15)31-25(33)22-21(19-4-3-13-37-19)24-27(38-23(22)26(31)34)30(28(35)39-24)14-20(32)29-16-7-11-18(36-2)12-8-16/h3-13,21-23H,14H2,1-2H3,(H,29,32). The number of fused-ring (bicyclic) bond motifs is 2. The quantitative estimate of drug-likeness (QED) is 0.333. The number of benzene rings is 2. The number of aryl methyl sites for hydroxylation is 1. The molecule has 6 rings (SSSR count). The molecule has 2 aliphatic rings. The number of nitrogens with zero attached hydrogens (tertiary/aromatic N) is 2. The number of rotatable bonds is 6. The molecule has 0 saturated carbocycles. The predicted molar refractivity (Wildman–Crippen MR) is 153 cm³/mol. The molecule has 198 valence electrons. The number of aromatic nitrogens is 1. The number of hydrogen-bond donors (Lipinski definition) is 1. The van der Waals surface area contributed by atoms with Crippen LogP contribution in [0.1, 0.15) is 21.2 Å². The van der Waals surface area contributed by atoms with Gasteiger partial charge in [-0.3, -0.25) is 23.7 Å². The van der Waals surface area contributed by atoms with Gasteiger partial charge in [0, 0.05) is 21.4 Å². The van der Waals surface area contributed by atoms with Gasteiger partial charge in [-0.2, -0.15) is 0 Å². The van der Waals surface area contributed by atoms with Crippen molar-refractivity contribution in [3.63, 3.8) is 0 Å². The lowest BCUT2D eigenvalue weighted by Gasteiger charge is -2.29. The van der Waals surface area contributed by atoms with E-state index < -0.39 is 17.1 Å². The lowest BCUT2D eigenvalue weighted by Crippen LogP contribution is -2.32. The molecular formula is C28H23N3O5S3. The Morgan fingerprint density at radius 2 is 1.74 bits per heavy atom. The van der Waals surface area contributed by atoms with Gasteiger partial charge in [0.25, 0.3) is 0 Å². The third-order valence-corrected chi connectivity index (χ3v) is 10.4. The molecule has 4 aromatic rings. The summed E-state index contributed by atoms with van der Waals surface area (Å²) in [5, 5.41) is 4.60. The number of nitrogens with one attached hydrogen (secondary N) is 1. The summed E-state index contributed by atoms with van der Waals surface area (Å²) in [6, 6.07) is 18.0. The van der Waals surface area contributed by atoms with Gasteiger partial charge in [-0.1, -0.05) is 46.9 Å². The molecule has 0 aliphatic carbocycles. The van der Waals surface area contributed by atoms with Crippen molar-refractivity contribution in [1.82, 2.24) is 4.57 Å². The Balaban J connectivity index is 1.35. The van der Waals surface area contributed by atoms with E-state index in [0.717, 1.165) is 26.7 Å². The topological polar surface area (TPSA) is 97.7 Å². The first-order valence-corrected chi connectivity index (χ1v) is 14.7. The number of imide groups is 1. The molecule has 2 aromatic heterocycles. The molecule has 2 aliphatic heterocycles. The van der Waals surface area contributed by atoms with Gasteiger partial charge in [-0.05, 0) is 54.8 Å². The van der Waals surface area contributed by atoms with E-state index in [4.69, 9.17) is 4.74 Å². The van der Waals surface area contributed by atoms with Crippen molar-refractivity contribution in [1.29, 1.82) is 0 Å². The van der Waals surface area contributed by atoms with Crippen molar-refractivity contribution in [3.05, 3.63) is 91.0 Å². The number of anilines is 2. The molecule has 8 nitrogen and oxygen atoms in total. The number of thioether (sulfide) groups is 1. The van der Waals surface area contributed by atoms with Crippen molar-refractivity contribution in [3.8, 4) is 5.75 Å². The van der Waals surface area contributed by atoms with Crippen LogP contribution in [0.3, 0.4) is 0 Å². The van der Waals surface area contributed by atoms with Crippen LogP contribution in [0.2, 0.25) is 0 Å². The molecule has 1 saturated heterocycles. The first-order chi connectivity index (χ1) is 18.9. The number of thiazole rings is 1. The number of hydrogen-bond acceptors (Lipinski definition) is 8. The zero-order valence-corrected chi connectivity index (χ0v) is 23.4. The summed E-state index contributed by atoms with van der Waals surface area (Å²) < 4.78 is 6.58. The predicted octanol–water partition coefficient (Wildman–Crippen LogP) is 4.72. The summed E-state index contributed by atoms with van der Waals surface area (Å²) in [6.45, 7) is 1.74. The van der Waals surface area contributed by atoms with Crippen LogP contribution in [-0.2, 0) is 20.9 Å². The third-order valence-electron chi connectivity index (χ3n) is 6.87. The fraction of sp³-hybridized carbons (Fsp3) is 0.214. The van der Waals surface area contributed by atoms with Crippen molar-refractivity contribution in [2.75, 3.05) is 17.3 Å². The smallest absolute Gasteiger partial charge is 0.308 e. The minimum atomic E-state index is -0.705. The van der Waals surface area contributed by atoms with Crippen molar-refractivity contribution in [2.45, 2.75) is 29.7 Å². The zero-order chi connectivity index (χ0) is 27.3. The van der Waals surface area contributed by atoms with Crippen LogP contribution in [0.25, 0.3) is 0 Å². The Hall–Kier alpha value is -3.67. The number of ether oxygens (including phenoxy) is 1. The first-order valence-electron chi connectivity index (χ1n) is 12.2. The molecular weight excluding hydrogens is 555 g/mol. The molecule has 11 heteroatoms. The molecule has 3 unspecified atom stereocenters. The molecule has 0 bridgehead atoms. The molecule has 3 amide bonds. The minimum Gasteiger partial charge on any atom is -0.497 e. The molecule has 0 spiro atoms. The van der Waals surface area contributed by atoms with Crippen LogP contribution >= 0.6 is 34.4 Å². The summed E-state index contributed by atoms with van der Waals surface area (Å²) in [5.74, 6) is -1.36. The third kappa shape index (κ3) is 4.50. The largest absolute Gasteiger partial charge is 0.497 e. The highest BCUT2D eigenvalue weighted by Gasteiger charge is 2.57. The van der Waals surface area contributed by atoms with E-state index in [-0.39, 0.29) is 29.1 Å². The Morgan fingerprint density at radius 3 is 2.41 bits per heavy atom. The second kappa shape index (κ2) is 10.1. The van der Waals surface area contributed by atoms with Crippen LogP contribution in [0.4, 0.5) is 11.4 Å². The van der Waals surface area contributed by atoms with E-state index in [9.17, 15) is 19.2 Å². The van der Waals surface area contributed by atoms with Crippen molar-refractivity contribution < 1.29 is 19.1 Å². The first kappa shape index (κ1) is 25.6. The van der Waals surface area contributed by atoms with Crippen LogP contribution in [-0.4, -0.2) is 34.6 Å². The van der Waals surface area contributed by atoms with Crippen molar-refractivity contribution >= 4 is 63.5 Å². The van der Waals surface area contributed by atoms with E-state index in [2.05, 4.69) is 5.32 Å². The minimum absolute atomic E-state index is 0.206. The summed E-state index contributed by atoms with van der Waals surface area (Å²) in [6.07, 6.45) is 0. The second-order valence-electron chi connectivity index (χ2n) is 9.30. The SMILES string of the molecule is COc1ccc(NC(=O)Cn2c3c(sc2=O)C(c2cccs2)C2C(=O)N(c4ccc(C)cc4)C(=O)C2S3)cc1. The van der Waals surface area contributed by atoms with Gasteiger partial charge < -0.3 is 10.1 Å². The lowest BCUT2D eigenvalue weighted by atomic mass is 9.87. The maximum Gasteiger partial charge on any atom is 0.308 e. The van der Waals surface area contributed by atoms with Gasteiger partial charge in [0.2, 0.25) is 17.7 Å². The van der Waals surface area contributed by atoms with E-state index in [1.54, 1.807) is 43.5 Å². The number of thiophene rings is 1. The molecule has 2 aromatic carbocycles. The molecule has 0 radical (unpaired) electrons. The highest BCUT2D eigenvalue weighted by Crippen LogP contribution is 2.54. The summed E-state index contributed by atoms with van der Waals surface area (Å²) in [7, 11) is 1.56. The fourth-order valence-electron chi connectivity index (χ4n) is 5.00. The highest BCUT2D eigenvalue weighted by atomic mass is 32.2. The van der Waals surface area contributed by atoms with Gasteiger partial charge in [-0.25, -0.2) is 4.90 Å². The van der Waals surface area contributed by atoms with Crippen molar-refractivity contribution in [2.24, 2.45) is 5.92 Å². The summed E-state index contributed by atoms with van der Waals surface area (Å²) in [4.78, 5) is 56.3. The average molecular weight is 578 g/mol. The van der Waals surface area contributed by atoms with Crippen LogP contribution in [0, 0.1) is 12.8 Å². The summed E-state index contributed by atoms with van der Waals surface area (Å²) in [5.41, 5.74) is 2.14. The van der Waals surface area contributed by atoms with Gasteiger partial charge in [-0.15, -0.1) is 11.3 Å². The van der Waals surface area contributed by atoms with E-state index in [0.29, 0.717) is 22.2 Å². The summed E-state index contributed by atoms with van der Waals surface area (Å²) >= 11 is 3.75. The fourth-order valence-corrected chi connectivity index (χ4v) is 8.72. The molecule has 3 atom stereocenters. The second-order valence-corrected chi connectivity index (χ2v) is 12.4. The monoisotopic (exact) mass is 577 g/mol. The number of amides is 3. The normalized spacial score (nSPS) is 20.1. The lowest BCUT2D eigenvalue weighted by molar-refractivity contribution is -0.122. The zero-order valence-electron chi connectivity index (χ0n) is 21.0. The maximum atomic E-state index is 13.8. The van der Waals surface area contributed by atoms with E-state index in [1.165, 1.54) is 32.6 Å². The Kier molecular flexibility index (Phi) is 6.66. The molecule has 39 heavy (non-hydrogen) atoms. The maximum absolute atomic E-state index is 13.8. The number of carbonyl (C=O) groups excluding carboxylic acids is 3. The van der Waals surface area contributed by atoms with Crippen LogP contribution in [0.15, 0.2) is 75.9 Å². The van der Waals surface area contributed by atoms with Crippen LogP contribution in [0.5, 0.6) is 5.75 Å².